The Morgan fingerprint density at radius 1 is 1.19 bits per heavy atom. The van der Waals surface area contributed by atoms with Gasteiger partial charge in [-0.25, -0.2) is 0 Å². The lowest BCUT2D eigenvalue weighted by molar-refractivity contribution is 0.295. The van der Waals surface area contributed by atoms with Gasteiger partial charge in [0.05, 0.1) is 12.8 Å². The van der Waals surface area contributed by atoms with E-state index in [1.165, 1.54) is 0 Å². The number of hydrogen-bond donors (Lipinski definition) is 1. The van der Waals surface area contributed by atoms with Gasteiger partial charge in [-0.2, -0.15) is 0 Å². The largest absolute Gasteiger partial charge is 0.497 e. The van der Waals surface area contributed by atoms with Crippen LogP contribution in [0.25, 0.3) is 0 Å². The first-order valence-corrected chi connectivity index (χ1v) is 7.00. The molecule has 2 aromatic rings. The Hall–Kier alpha value is -2.07. The third kappa shape index (κ3) is 3.95. The third-order valence-electron chi connectivity index (χ3n) is 3.25. The van der Waals surface area contributed by atoms with Crippen molar-refractivity contribution in [2.24, 2.45) is 5.73 Å². The van der Waals surface area contributed by atoms with Crippen LogP contribution in [0, 0.1) is 13.8 Å². The van der Waals surface area contributed by atoms with Gasteiger partial charge in [0.1, 0.15) is 18.1 Å². The molecule has 2 N–H and O–H groups in total. The summed E-state index contributed by atoms with van der Waals surface area (Å²) in [6, 6.07) is 9.77. The molecule has 0 saturated heterocycles. The van der Waals surface area contributed by atoms with Crippen LogP contribution in [0.15, 0.2) is 30.3 Å². The van der Waals surface area contributed by atoms with Gasteiger partial charge in [0.25, 0.3) is 0 Å². The number of ether oxygens (including phenoxy) is 2. The van der Waals surface area contributed by atoms with Crippen LogP contribution in [0.3, 0.4) is 0 Å². The molecule has 0 fully saturated rings. The summed E-state index contributed by atoms with van der Waals surface area (Å²) in [5.41, 5.74) is 9.87. The molecule has 0 spiro atoms. The first-order chi connectivity index (χ1) is 9.99. The zero-order valence-electron chi connectivity index (χ0n) is 13.0. The van der Waals surface area contributed by atoms with Crippen molar-refractivity contribution in [2.45, 2.75) is 33.4 Å². The van der Waals surface area contributed by atoms with Crippen LogP contribution in [0.2, 0.25) is 0 Å². The van der Waals surface area contributed by atoms with Crippen molar-refractivity contribution in [1.29, 1.82) is 0 Å². The van der Waals surface area contributed by atoms with Gasteiger partial charge in [0, 0.05) is 29.4 Å². The van der Waals surface area contributed by atoms with Crippen LogP contribution in [0.4, 0.5) is 0 Å². The molecule has 0 radical (unpaired) electrons. The van der Waals surface area contributed by atoms with Crippen LogP contribution in [-0.2, 0) is 6.61 Å². The number of hydrogen-bond acceptors (Lipinski definition) is 4. The normalized spacial score (nSPS) is 12.0. The molecule has 1 heterocycles. The summed E-state index contributed by atoms with van der Waals surface area (Å²) >= 11 is 0. The van der Waals surface area contributed by atoms with Gasteiger partial charge in [0.2, 0.25) is 0 Å². The fraction of sp³-hybridized carbons (Fsp3) is 0.353. The van der Waals surface area contributed by atoms with E-state index in [0.29, 0.717) is 6.61 Å². The predicted molar refractivity (Wildman–Crippen MR) is 83.6 cm³/mol. The minimum absolute atomic E-state index is 0.0689. The van der Waals surface area contributed by atoms with E-state index in [1.54, 1.807) is 7.11 Å². The van der Waals surface area contributed by atoms with Crippen molar-refractivity contribution in [3.63, 3.8) is 0 Å². The Morgan fingerprint density at radius 2 is 1.95 bits per heavy atom. The molecule has 1 atom stereocenters. The van der Waals surface area contributed by atoms with Crippen molar-refractivity contribution < 1.29 is 9.47 Å². The Morgan fingerprint density at radius 3 is 2.62 bits per heavy atom. The van der Waals surface area contributed by atoms with E-state index in [-0.39, 0.29) is 6.04 Å². The quantitative estimate of drug-likeness (QED) is 0.916. The molecule has 0 aliphatic rings. The van der Waals surface area contributed by atoms with E-state index in [4.69, 9.17) is 15.2 Å². The van der Waals surface area contributed by atoms with Gasteiger partial charge in [-0.05, 0) is 32.4 Å². The number of nitrogens with zero attached hydrogens (tertiary/aromatic N) is 1. The highest BCUT2D eigenvalue weighted by Gasteiger charge is 2.09. The van der Waals surface area contributed by atoms with Crippen LogP contribution in [-0.4, -0.2) is 12.1 Å². The van der Waals surface area contributed by atoms with E-state index >= 15 is 0 Å². The molecule has 0 aliphatic heterocycles. The summed E-state index contributed by atoms with van der Waals surface area (Å²) in [4.78, 5) is 4.46. The van der Waals surface area contributed by atoms with E-state index in [2.05, 4.69) is 4.98 Å². The average Bonchev–Trinajstić information content (AvgIpc) is 2.44. The Bertz CT molecular complexity index is 624. The number of methoxy groups -OCH3 is 1. The fourth-order valence-corrected chi connectivity index (χ4v) is 2.19. The smallest absolute Gasteiger partial charge is 0.130 e. The summed E-state index contributed by atoms with van der Waals surface area (Å²) in [5.74, 6) is 1.60. The maximum atomic E-state index is 5.99. The minimum atomic E-state index is -0.0689. The highest BCUT2D eigenvalue weighted by Crippen LogP contribution is 2.26. The molecule has 21 heavy (non-hydrogen) atoms. The Labute approximate surface area is 125 Å². The number of nitrogens with two attached hydrogens (primary N) is 1. The number of aryl methyl sites for hydroxylation is 2. The van der Waals surface area contributed by atoms with Crippen molar-refractivity contribution in [3.8, 4) is 11.5 Å². The van der Waals surface area contributed by atoms with E-state index in [0.717, 1.165) is 34.0 Å². The molecule has 0 saturated carbocycles. The number of rotatable bonds is 5. The van der Waals surface area contributed by atoms with Crippen LogP contribution in [0.5, 0.6) is 11.5 Å². The van der Waals surface area contributed by atoms with Crippen molar-refractivity contribution in [1.82, 2.24) is 4.98 Å². The van der Waals surface area contributed by atoms with Gasteiger partial charge in [0.15, 0.2) is 0 Å². The fourth-order valence-electron chi connectivity index (χ4n) is 2.19. The molecule has 0 aliphatic carbocycles. The number of pyridine rings is 1. The topological polar surface area (TPSA) is 57.4 Å². The number of aromatic nitrogens is 1. The molecule has 0 bridgehead atoms. The first kappa shape index (κ1) is 15.3. The van der Waals surface area contributed by atoms with Crippen molar-refractivity contribution >= 4 is 0 Å². The van der Waals surface area contributed by atoms with Gasteiger partial charge < -0.3 is 15.2 Å². The summed E-state index contributed by atoms with van der Waals surface area (Å²) in [5, 5.41) is 0. The molecule has 112 valence electrons. The summed E-state index contributed by atoms with van der Waals surface area (Å²) in [7, 11) is 1.65. The second kappa shape index (κ2) is 6.59. The standard InChI is InChI=1S/C17H22N2O2/c1-11-5-6-16(13(3)18)17(7-11)21-10-14-9-15(20-4)8-12(2)19-14/h5-9,13H,10,18H2,1-4H3/t13-/m1/s1. The molecule has 4 nitrogen and oxygen atoms in total. The zero-order chi connectivity index (χ0) is 15.4. The van der Waals surface area contributed by atoms with E-state index in [9.17, 15) is 0 Å². The Balaban J connectivity index is 2.20. The Kier molecular flexibility index (Phi) is 4.81. The maximum Gasteiger partial charge on any atom is 0.130 e. The lowest BCUT2D eigenvalue weighted by Crippen LogP contribution is -2.09. The van der Waals surface area contributed by atoms with Crippen LogP contribution >= 0.6 is 0 Å². The molecule has 1 aromatic heterocycles. The highest BCUT2D eigenvalue weighted by atomic mass is 16.5. The monoisotopic (exact) mass is 286 g/mol. The van der Waals surface area contributed by atoms with E-state index < -0.39 is 0 Å². The van der Waals surface area contributed by atoms with Gasteiger partial charge in [-0.3, -0.25) is 4.98 Å². The maximum absolute atomic E-state index is 5.99. The molecule has 2 rings (SSSR count). The molecule has 4 heteroatoms. The van der Waals surface area contributed by atoms with Crippen LogP contribution < -0.4 is 15.2 Å². The van der Waals surface area contributed by atoms with Crippen molar-refractivity contribution in [2.75, 3.05) is 7.11 Å². The minimum Gasteiger partial charge on any atom is -0.497 e. The van der Waals surface area contributed by atoms with Crippen LogP contribution in [0.1, 0.15) is 35.5 Å². The highest BCUT2D eigenvalue weighted by molar-refractivity contribution is 5.39. The van der Waals surface area contributed by atoms with Crippen molar-refractivity contribution in [3.05, 3.63) is 52.8 Å². The van der Waals surface area contributed by atoms with Gasteiger partial charge in [-0.15, -0.1) is 0 Å². The van der Waals surface area contributed by atoms with Gasteiger partial charge >= 0.3 is 0 Å². The molecule has 1 aromatic carbocycles. The average molecular weight is 286 g/mol. The molecule has 0 unspecified atom stereocenters. The lowest BCUT2D eigenvalue weighted by atomic mass is 10.1. The van der Waals surface area contributed by atoms with Gasteiger partial charge in [-0.1, -0.05) is 12.1 Å². The van der Waals surface area contributed by atoms with E-state index in [1.807, 2.05) is 51.1 Å². The molecular formula is C17H22N2O2. The second-order valence-corrected chi connectivity index (χ2v) is 5.26. The second-order valence-electron chi connectivity index (χ2n) is 5.26. The first-order valence-electron chi connectivity index (χ1n) is 7.00. The summed E-state index contributed by atoms with van der Waals surface area (Å²) < 4.78 is 11.2. The lowest BCUT2D eigenvalue weighted by Gasteiger charge is -2.15. The predicted octanol–water partition coefficient (Wildman–Crippen LogP) is 3.31. The summed E-state index contributed by atoms with van der Waals surface area (Å²) in [6.07, 6.45) is 0. The summed E-state index contributed by atoms with van der Waals surface area (Å²) in [6.45, 7) is 6.31. The molecule has 0 amide bonds. The SMILES string of the molecule is COc1cc(C)nc(COc2cc(C)ccc2[C@@H](C)N)c1. The molecular weight excluding hydrogens is 264 g/mol. The zero-order valence-corrected chi connectivity index (χ0v) is 13.0. The third-order valence-corrected chi connectivity index (χ3v) is 3.25. The number of benzene rings is 1.